The number of esters is 2. The first-order chi connectivity index (χ1) is 17.2. The summed E-state index contributed by atoms with van der Waals surface area (Å²) in [7, 11) is 0. The van der Waals surface area contributed by atoms with Crippen LogP contribution in [0.15, 0.2) is 34.3 Å². The molecule has 1 aromatic heterocycles. The van der Waals surface area contributed by atoms with Crippen LogP contribution in [0.2, 0.25) is 0 Å². The van der Waals surface area contributed by atoms with Gasteiger partial charge in [0.05, 0.1) is 31.0 Å². The van der Waals surface area contributed by atoms with Crippen LogP contribution in [-0.4, -0.2) is 75.8 Å². The minimum atomic E-state index is -1.61. The Hall–Kier alpha value is -2.44. The fourth-order valence-electron chi connectivity index (χ4n) is 6.84. The number of allylic oxidation sites excluding steroid dienone is 1. The fraction of sp³-hybridized carbons (Fsp3) is 0.680. The Kier molecular flexibility index (Phi) is 5.69. The second kappa shape index (κ2) is 8.56. The van der Waals surface area contributed by atoms with Crippen molar-refractivity contribution in [2.75, 3.05) is 6.61 Å². The summed E-state index contributed by atoms with van der Waals surface area (Å²) in [5.41, 5.74) is 0.938. The van der Waals surface area contributed by atoms with Crippen LogP contribution < -0.4 is 0 Å². The van der Waals surface area contributed by atoms with Crippen LogP contribution in [0.3, 0.4) is 0 Å². The van der Waals surface area contributed by atoms with Gasteiger partial charge in [-0.25, -0.2) is 0 Å². The molecule has 36 heavy (non-hydrogen) atoms. The number of ether oxygens (including phenoxy) is 4. The Morgan fingerprint density at radius 2 is 1.86 bits per heavy atom. The highest BCUT2D eigenvalue weighted by molar-refractivity contribution is 5.81. The maximum absolute atomic E-state index is 13.3. The van der Waals surface area contributed by atoms with Gasteiger partial charge in [0.1, 0.15) is 42.4 Å². The van der Waals surface area contributed by atoms with E-state index in [1.54, 1.807) is 12.3 Å². The second-order valence-corrected chi connectivity index (χ2v) is 10.8. The SMILES string of the molecule is C[C@@]12C[C@@H](c3ccoc3)OC(=O)[C@H]1CC(O[C@@H]1O[C@H](CO)[C@@H](O)[C@H](O)[C@H]1O)=C1[C@H]3C[C@@H](C[C@H]12)OC3=O. The molecule has 11 heteroatoms. The van der Waals surface area contributed by atoms with E-state index in [4.69, 9.17) is 23.4 Å². The Bertz CT molecular complexity index is 1060. The minimum absolute atomic E-state index is 0.114. The highest BCUT2D eigenvalue weighted by atomic mass is 16.7. The van der Waals surface area contributed by atoms with Gasteiger partial charge in [0.25, 0.3) is 0 Å². The topological polar surface area (TPSA) is 165 Å². The Balaban J connectivity index is 1.38. The first kappa shape index (κ1) is 23.9. The molecular weight excluding hydrogens is 476 g/mol. The van der Waals surface area contributed by atoms with Crippen molar-refractivity contribution in [3.05, 3.63) is 35.5 Å². The minimum Gasteiger partial charge on any atom is -0.472 e. The molecule has 4 fully saturated rings. The lowest BCUT2D eigenvalue weighted by Crippen LogP contribution is -2.59. The average Bonchev–Trinajstić information content (AvgIpc) is 3.49. The van der Waals surface area contributed by atoms with Gasteiger partial charge >= 0.3 is 11.9 Å². The van der Waals surface area contributed by atoms with Gasteiger partial charge < -0.3 is 43.8 Å². The van der Waals surface area contributed by atoms with Gasteiger partial charge in [0.2, 0.25) is 6.29 Å². The van der Waals surface area contributed by atoms with Gasteiger partial charge in [-0.2, -0.15) is 0 Å². The maximum Gasteiger partial charge on any atom is 0.313 e. The molecule has 0 spiro atoms. The third kappa shape index (κ3) is 3.52. The molecule has 196 valence electrons. The van der Waals surface area contributed by atoms with Crippen molar-refractivity contribution in [2.45, 2.75) is 75.5 Å². The predicted octanol–water partition coefficient (Wildman–Crippen LogP) is 0.316. The molecule has 3 aliphatic heterocycles. The Labute approximate surface area is 206 Å². The summed E-state index contributed by atoms with van der Waals surface area (Å²) in [4.78, 5) is 26.1. The van der Waals surface area contributed by atoms with Crippen molar-refractivity contribution in [2.24, 2.45) is 23.2 Å². The van der Waals surface area contributed by atoms with Crippen molar-refractivity contribution in [1.82, 2.24) is 0 Å². The molecule has 3 saturated heterocycles. The van der Waals surface area contributed by atoms with Crippen LogP contribution in [0.1, 0.15) is 44.3 Å². The first-order valence-corrected chi connectivity index (χ1v) is 12.3. The van der Waals surface area contributed by atoms with E-state index < -0.39 is 66.6 Å². The molecule has 2 aliphatic carbocycles. The molecule has 4 N–H and O–H groups in total. The molecule has 0 unspecified atom stereocenters. The van der Waals surface area contributed by atoms with Crippen LogP contribution in [-0.2, 0) is 28.5 Å². The first-order valence-electron chi connectivity index (χ1n) is 12.3. The van der Waals surface area contributed by atoms with E-state index in [9.17, 15) is 30.0 Å². The molecule has 4 heterocycles. The van der Waals surface area contributed by atoms with E-state index >= 15 is 0 Å². The van der Waals surface area contributed by atoms with Crippen LogP contribution in [0.25, 0.3) is 0 Å². The molecule has 11 nitrogen and oxygen atoms in total. The monoisotopic (exact) mass is 506 g/mol. The summed E-state index contributed by atoms with van der Waals surface area (Å²) in [6.07, 6.45) is -3.30. The lowest BCUT2D eigenvalue weighted by atomic mass is 9.52. The number of carbonyl (C=O) groups is 2. The third-order valence-corrected chi connectivity index (χ3v) is 8.81. The third-order valence-electron chi connectivity index (χ3n) is 8.81. The fourth-order valence-corrected chi connectivity index (χ4v) is 6.84. The van der Waals surface area contributed by atoms with Crippen LogP contribution in [0.4, 0.5) is 0 Å². The zero-order chi connectivity index (χ0) is 25.4. The zero-order valence-corrected chi connectivity index (χ0v) is 19.7. The number of aliphatic hydroxyl groups excluding tert-OH is 4. The zero-order valence-electron chi connectivity index (χ0n) is 19.7. The number of fused-ring (bicyclic) bond motifs is 6. The van der Waals surface area contributed by atoms with Crippen LogP contribution >= 0.6 is 0 Å². The van der Waals surface area contributed by atoms with Gasteiger partial charge in [-0.05, 0) is 35.8 Å². The normalized spacial score (nSPS) is 46.0. The van der Waals surface area contributed by atoms with E-state index in [-0.39, 0.29) is 24.4 Å². The molecule has 5 aliphatic rings. The van der Waals surface area contributed by atoms with Gasteiger partial charge in [-0.15, -0.1) is 0 Å². The predicted molar refractivity (Wildman–Crippen MR) is 116 cm³/mol. The quantitative estimate of drug-likeness (QED) is 0.416. The molecule has 0 aromatic carbocycles. The van der Waals surface area contributed by atoms with Crippen molar-refractivity contribution < 1.29 is 53.4 Å². The van der Waals surface area contributed by atoms with E-state index in [2.05, 4.69) is 0 Å². The number of furan rings is 1. The van der Waals surface area contributed by atoms with E-state index in [0.717, 1.165) is 11.1 Å². The molecule has 1 saturated carbocycles. The Morgan fingerprint density at radius 1 is 1.06 bits per heavy atom. The molecular formula is C25H30O11. The summed E-state index contributed by atoms with van der Waals surface area (Å²) in [6.45, 7) is 1.44. The number of rotatable bonds is 4. The van der Waals surface area contributed by atoms with Gasteiger partial charge in [0, 0.05) is 18.4 Å². The molecule has 6 rings (SSSR count). The number of hydrogen-bond donors (Lipinski definition) is 4. The average molecular weight is 507 g/mol. The lowest BCUT2D eigenvalue weighted by Gasteiger charge is -2.54. The summed E-state index contributed by atoms with van der Waals surface area (Å²) in [5.74, 6) is -1.77. The van der Waals surface area contributed by atoms with Crippen molar-refractivity contribution in [3.8, 4) is 0 Å². The van der Waals surface area contributed by atoms with Crippen LogP contribution in [0.5, 0.6) is 0 Å². The summed E-state index contributed by atoms with van der Waals surface area (Å²) >= 11 is 0. The highest BCUT2D eigenvalue weighted by Crippen LogP contribution is 2.62. The van der Waals surface area contributed by atoms with Crippen molar-refractivity contribution in [3.63, 3.8) is 0 Å². The maximum atomic E-state index is 13.3. The van der Waals surface area contributed by atoms with E-state index in [1.165, 1.54) is 6.26 Å². The van der Waals surface area contributed by atoms with E-state index in [0.29, 0.717) is 25.0 Å². The highest BCUT2D eigenvalue weighted by Gasteiger charge is 2.61. The largest absolute Gasteiger partial charge is 0.472 e. The van der Waals surface area contributed by atoms with E-state index in [1.807, 2.05) is 6.92 Å². The number of hydrogen-bond acceptors (Lipinski definition) is 11. The van der Waals surface area contributed by atoms with Gasteiger partial charge in [0.15, 0.2) is 0 Å². The van der Waals surface area contributed by atoms with Gasteiger partial charge in [-0.3, -0.25) is 9.59 Å². The molecule has 2 bridgehead atoms. The second-order valence-electron chi connectivity index (χ2n) is 10.8. The number of cyclic esters (lactones) is 1. The van der Waals surface area contributed by atoms with Crippen molar-refractivity contribution >= 4 is 11.9 Å². The molecule has 0 amide bonds. The van der Waals surface area contributed by atoms with Crippen LogP contribution in [0, 0.1) is 23.2 Å². The molecule has 0 radical (unpaired) electrons. The summed E-state index contributed by atoms with van der Waals surface area (Å²) < 4.78 is 28.3. The van der Waals surface area contributed by atoms with Gasteiger partial charge in [-0.1, -0.05) is 6.92 Å². The smallest absolute Gasteiger partial charge is 0.313 e. The lowest BCUT2D eigenvalue weighted by molar-refractivity contribution is -0.293. The summed E-state index contributed by atoms with van der Waals surface area (Å²) in [5, 5.41) is 40.4. The standard InChI is InChI=1S/C25H30O11/c1-25-7-16(10-2-3-32-9-10)34-23(31)14(25)6-15(18-12-4-11(5-13(18)25)33-22(12)30)35-24-21(29)20(28)19(27)17(8-26)36-24/h2-3,9,11-14,16-17,19-21,24,26-29H,4-8H2,1H3/t11-,12+,13+,14+,16-,17+,19+,20-,21+,24+,25-/m0/s1. The summed E-state index contributed by atoms with van der Waals surface area (Å²) in [6, 6.07) is 1.77. The molecule has 1 aromatic rings. The number of aliphatic hydroxyl groups is 4. The van der Waals surface area contributed by atoms with Crippen molar-refractivity contribution in [1.29, 1.82) is 0 Å². The molecule has 11 atom stereocenters. The Morgan fingerprint density at radius 3 is 2.58 bits per heavy atom. The number of carbonyl (C=O) groups excluding carboxylic acids is 2.